The van der Waals surface area contributed by atoms with Crippen LogP contribution >= 0.6 is 21.6 Å². The average Bonchev–Trinajstić information content (AvgIpc) is 3.65. The van der Waals surface area contributed by atoms with Crippen LogP contribution in [-0.2, 0) is 67.2 Å². The number of rotatable bonds is 23. The Balaban J connectivity index is 1.83. The summed E-state index contributed by atoms with van der Waals surface area (Å²) in [5.74, 6) is -9.55. The van der Waals surface area contributed by atoms with Gasteiger partial charge in [-0.1, -0.05) is 76.2 Å². The van der Waals surface area contributed by atoms with E-state index in [0.29, 0.717) is 29.5 Å². The second kappa shape index (κ2) is 33.7. The van der Waals surface area contributed by atoms with Gasteiger partial charge in [-0.25, -0.2) is 0 Å². The number of aliphatic hydroxyl groups is 1. The number of aromatic hydroxyl groups is 2. The molecule has 10 amide bonds. The van der Waals surface area contributed by atoms with Crippen LogP contribution in [-0.4, -0.2) is 165 Å². The molecule has 1 fully saturated rings. The third-order valence-electron chi connectivity index (χ3n) is 12.8. The maximum absolute atomic E-state index is 14.9. The largest absolute Gasteiger partial charge is 0.508 e. The van der Waals surface area contributed by atoms with Gasteiger partial charge in [0.2, 0.25) is 59.1 Å². The summed E-state index contributed by atoms with van der Waals surface area (Å²) in [6.45, 7) is 2.88. The lowest BCUT2D eigenvalue weighted by Crippen LogP contribution is -2.63. The number of aliphatic hydroxyl groups excluding tert-OH is 1. The standard InChI is InChI=1S/C54H76N14O13S2/c1-30(70)61-39(26-33-16-20-35(72)21-17-33)49(78)68-44-52(81)66-38(25-32-14-18-34(71)19-15-32)46(75)60-27-43(73)62-41(28-69)50(79)65-40(24-31-10-5-4-6-11-31)48(77)67-42(29-82-83-54(44,2)3)51(80)64-37(12-7-8-22-55)47(76)63-36(45(56)74)13-9-23-59-53(57)58/h4-6,10-11,14-21,36-42,44,69,71-72H,7-9,12-13,22-29,55H2,1-3H3,(H2,56,74)(H,60,75)(H,61,70)(H,62,73)(H,63,76)(H,64,80)(H,65,79)(H,66,81)(H,67,77)(H,68,78)(H4,57,58,59)/t36-,37-,38-,39-,40+,41-,42+,44+/m0/s1. The highest BCUT2D eigenvalue weighted by molar-refractivity contribution is 8.77. The molecule has 0 aromatic heterocycles. The van der Waals surface area contributed by atoms with Crippen molar-refractivity contribution in [2.45, 2.75) is 125 Å². The van der Waals surface area contributed by atoms with E-state index in [1.807, 2.05) is 0 Å². The van der Waals surface area contributed by atoms with Gasteiger partial charge in [0.1, 0.15) is 59.8 Å². The number of hydrogen-bond donors (Lipinski definition) is 16. The van der Waals surface area contributed by atoms with E-state index in [2.05, 4.69) is 52.8 Å². The summed E-state index contributed by atoms with van der Waals surface area (Å²) in [4.78, 5) is 143. The number of nitrogens with zero attached hydrogens (tertiary/aromatic N) is 1. The van der Waals surface area contributed by atoms with Gasteiger partial charge in [0, 0.05) is 43.2 Å². The minimum Gasteiger partial charge on any atom is -0.508 e. The van der Waals surface area contributed by atoms with E-state index in [1.54, 1.807) is 44.2 Å². The zero-order chi connectivity index (χ0) is 61.2. The second-order valence-corrected chi connectivity index (χ2v) is 23.1. The summed E-state index contributed by atoms with van der Waals surface area (Å²) in [6, 6.07) is 8.22. The molecule has 4 rings (SSSR count). The maximum atomic E-state index is 14.9. The van der Waals surface area contributed by atoms with Crippen LogP contribution in [0.25, 0.3) is 0 Å². The van der Waals surface area contributed by atoms with E-state index in [4.69, 9.17) is 22.9 Å². The molecule has 0 aliphatic carbocycles. The molecule has 1 aliphatic rings. The molecule has 1 saturated heterocycles. The second-order valence-electron chi connectivity index (χ2n) is 20.1. The lowest BCUT2D eigenvalue weighted by atomic mass is 9.98. The molecule has 0 spiro atoms. The molecule has 0 radical (unpaired) electrons. The molecular formula is C54H76N14O13S2. The Labute approximate surface area is 488 Å². The van der Waals surface area contributed by atoms with Gasteiger partial charge in [-0.05, 0) is 93.5 Å². The number of aliphatic imine (C=N–C) groups is 1. The van der Waals surface area contributed by atoms with Gasteiger partial charge in [0.05, 0.1) is 13.2 Å². The van der Waals surface area contributed by atoms with Crippen molar-refractivity contribution in [2.75, 3.05) is 32.0 Å². The minimum atomic E-state index is -1.69. The number of phenols is 2. The molecule has 27 nitrogen and oxygen atoms in total. The zero-order valence-corrected chi connectivity index (χ0v) is 47.9. The van der Waals surface area contributed by atoms with Crippen molar-refractivity contribution in [3.8, 4) is 11.5 Å². The highest BCUT2D eigenvalue weighted by atomic mass is 33.1. The van der Waals surface area contributed by atoms with E-state index < -0.39 is 125 Å². The number of unbranched alkanes of at least 4 members (excludes halogenated alkanes) is 1. The van der Waals surface area contributed by atoms with Gasteiger partial charge in [-0.15, -0.1) is 0 Å². The predicted octanol–water partition coefficient (Wildman–Crippen LogP) is -3.03. The molecule has 8 atom stereocenters. The number of guanidine groups is 1. The summed E-state index contributed by atoms with van der Waals surface area (Å²) in [6.07, 6.45) is 0.474. The van der Waals surface area contributed by atoms with E-state index in [1.165, 1.54) is 55.5 Å². The van der Waals surface area contributed by atoms with E-state index in [9.17, 15) is 63.3 Å². The lowest BCUT2D eigenvalue weighted by molar-refractivity contribution is -0.135. The van der Waals surface area contributed by atoms with Crippen molar-refractivity contribution in [1.82, 2.24) is 47.9 Å². The summed E-state index contributed by atoms with van der Waals surface area (Å²) >= 11 is 0. The first-order chi connectivity index (χ1) is 39.4. The number of nitrogens with two attached hydrogens (primary N) is 4. The summed E-state index contributed by atoms with van der Waals surface area (Å²) < 4.78 is -1.45. The third kappa shape index (κ3) is 23.3. The van der Waals surface area contributed by atoms with Crippen molar-refractivity contribution in [3.63, 3.8) is 0 Å². The molecule has 3 aromatic rings. The Bertz CT molecular complexity index is 2740. The zero-order valence-electron chi connectivity index (χ0n) is 46.3. The fraction of sp³-hybridized carbons (Fsp3) is 0.463. The lowest BCUT2D eigenvalue weighted by Gasteiger charge is -2.35. The van der Waals surface area contributed by atoms with Crippen LogP contribution in [0.4, 0.5) is 0 Å². The van der Waals surface area contributed by atoms with Crippen LogP contribution < -0.4 is 70.8 Å². The average molecular weight is 1190 g/mol. The quantitative estimate of drug-likeness (QED) is 0.0194. The van der Waals surface area contributed by atoms with Crippen molar-refractivity contribution in [2.24, 2.45) is 27.9 Å². The molecule has 0 unspecified atom stereocenters. The van der Waals surface area contributed by atoms with Gasteiger partial charge < -0.3 is 86.1 Å². The first-order valence-electron chi connectivity index (χ1n) is 26.6. The molecule has 1 heterocycles. The molecule has 452 valence electrons. The Hall–Kier alpha value is -8.15. The van der Waals surface area contributed by atoms with Gasteiger partial charge in [0.25, 0.3) is 0 Å². The van der Waals surface area contributed by atoms with Crippen molar-refractivity contribution in [3.05, 3.63) is 95.6 Å². The fourth-order valence-corrected chi connectivity index (χ4v) is 11.2. The van der Waals surface area contributed by atoms with Crippen LogP contribution in [0, 0.1) is 0 Å². The van der Waals surface area contributed by atoms with E-state index in [-0.39, 0.29) is 74.8 Å². The van der Waals surface area contributed by atoms with Gasteiger partial charge in [0.15, 0.2) is 5.96 Å². The van der Waals surface area contributed by atoms with E-state index >= 15 is 0 Å². The third-order valence-corrected chi connectivity index (χ3v) is 16.1. The molecule has 3 aromatic carbocycles. The Morgan fingerprint density at radius 1 is 0.675 bits per heavy atom. The van der Waals surface area contributed by atoms with Crippen LogP contribution in [0.5, 0.6) is 11.5 Å². The predicted molar refractivity (Wildman–Crippen MR) is 311 cm³/mol. The molecule has 20 N–H and O–H groups in total. The number of hydrogen-bond acceptors (Lipinski definition) is 17. The van der Waals surface area contributed by atoms with Crippen LogP contribution in [0.1, 0.15) is 69.6 Å². The molecule has 1 aliphatic heterocycles. The SMILES string of the molecule is CC(=O)N[C@@H](Cc1ccc(O)cc1)C(=O)N[C@@H]1C(=O)N[C@@H](Cc2ccc(O)cc2)C(=O)NCC(=O)N[C@@H](CO)C(=O)N[C@H](Cc2ccccc2)C(=O)N[C@@H](C(=O)N[C@@H](CCCCN)C(=O)N[C@@H](CCCN=C(N)N)C(N)=O)CSSC1(C)C. The van der Waals surface area contributed by atoms with Gasteiger partial charge in [-0.2, -0.15) is 0 Å². The van der Waals surface area contributed by atoms with Gasteiger partial charge in [-0.3, -0.25) is 52.9 Å². The highest BCUT2D eigenvalue weighted by Crippen LogP contribution is 2.39. The number of primary amides is 1. The fourth-order valence-electron chi connectivity index (χ4n) is 8.37. The molecule has 83 heavy (non-hydrogen) atoms. The molecule has 29 heteroatoms. The number of benzene rings is 3. The van der Waals surface area contributed by atoms with Crippen LogP contribution in [0.2, 0.25) is 0 Å². The van der Waals surface area contributed by atoms with Crippen molar-refractivity contribution >= 4 is 86.6 Å². The van der Waals surface area contributed by atoms with Crippen molar-refractivity contribution < 1.29 is 63.3 Å². The number of nitrogens with one attached hydrogen (secondary N) is 9. The molecule has 0 bridgehead atoms. The maximum Gasteiger partial charge on any atom is 0.245 e. The molecular weight excluding hydrogens is 1120 g/mol. The highest BCUT2D eigenvalue weighted by Gasteiger charge is 2.42. The summed E-state index contributed by atoms with van der Waals surface area (Å²) in [5.41, 5.74) is 23.8. The van der Waals surface area contributed by atoms with Crippen LogP contribution in [0.15, 0.2) is 83.9 Å². The Kier molecular flexibility index (Phi) is 27.3. The van der Waals surface area contributed by atoms with E-state index in [0.717, 1.165) is 21.6 Å². The number of amides is 10. The van der Waals surface area contributed by atoms with Crippen molar-refractivity contribution in [1.29, 1.82) is 0 Å². The molecule has 0 saturated carbocycles. The Morgan fingerprint density at radius 2 is 1.25 bits per heavy atom. The number of carbonyl (C=O) groups is 10. The summed E-state index contributed by atoms with van der Waals surface area (Å²) in [7, 11) is 1.90. The minimum absolute atomic E-state index is 0.000716. The monoisotopic (exact) mass is 1190 g/mol. The normalized spacial score (nSPS) is 20.2. The summed E-state index contributed by atoms with van der Waals surface area (Å²) in [5, 5.41) is 53.6. The Morgan fingerprint density at radius 3 is 1.84 bits per heavy atom. The number of carbonyl (C=O) groups excluding carboxylic acids is 10. The first kappa shape index (κ1) is 67.4. The van der Waals surface area contributed by atoms with Crippen LogP contribution in [0.3, 0.4) is 0 Å². The smallest absolute Gasteiger partial charge is 0.245 e. The topological polar surface area (TPSA) is 456 Å². The number of phenolic OH excluding ortho intramolecular Hbond substituents is 2. The first-order valence-corrected chi connectivity index (χ1v) is 28.9. The van der Waals surface area contributed by atoms with Gasteiger partial charge >= 0.3 is 0 Å².